The van der Waals surface area contributed by atoms with Gasteiger partial charge < -0.3 is 15.0 Å². The van der Waals surface area contributed by atoms with Crippen molar-refractivity contribution < 1.29 is 4.74 Å². The Labute approximate surface area is 114 Å². The molecular weight excluding hydrogens is 260 g/mol. The first kappa shape index (κ1) is 12.0. The molecule has 0 saturated heterocycles. The van der Waals surface area contributed by atoms with Crippen LogP contribution in [0.5, 0.6) is 5.75 Å². The number of nitrogens with zero attached hydrogens (tertiary/aromatic N) is 3. The number of fused-ring (bicyclic) bond motifs is 1. The van der Waals surface area contributed by atoms with Crippen LogP contribution in [-0.2, 0) is 6.54 Å². The van der Waals surface area contributed by atoms with Crippen LogP contribution in [0.15, 0.2) is 24.4 Å². The van der Waals surface area contributed by atoms with Gasteiger partial charge in [-0.15, -0.1) is 11.3 Å². The summed E-state index contributed by atoms with van der Waals surface area (Å²) in [7, 11) is 1.63. The lowest BCUT2D eigenvalue weighted by molar-refractivity contribution is 0.419. The Bertz CT molecular complexity index is 731. The highest BCUT2D eigenvalue weighted by atomic mass is 32.1. The molecule has 0 spiro atoms. The average Bonchev–Trinajstić information content (AvgIpc) is 2.94. The number of nitrogen functional groups attached to an aromatic ring is 1. The third-order valence-electron chi connectivity index (χ3n) is 2.95. The zero-order valence-electron chi connectivity index (χ0n) is 10.8. The number of methoxy groups -OCH3 is 1. The summed E-state index contributed by atoms with van der Waals surface area (Å²) in [5.41, 5.74) is 7.76. The summed E-state index contributed by atoms with van der Waals surface area (Å²) in [6.45, 7) is 2.67. The number of hydrogen-bond donors (Lipinski definition) is 1. The van der Waals surface area contributed by atoms with Gasteiger partial charge in [0, 0.05) is 11.1 Å². The summed E-state index contributed by atoms with van der Waals surface area (Å²) in [4.78, 5) is 9.93. The predicted octanol–water partition coefficient (Wildman–Crippen LogP) is 2.44. The van der Waals surface area contributed by atoms with Gasteiger partial charge in [-0.3, -0.25) is 0 Å². The molecule has 0 aliphatic carbocycles. The number of imidazole rings is 1. The molecule has 19 heavy (non-hydrogen) atoms. The number of thiazole rings is 1. The molecule has 1 aromatic carbocycles. The molecule has 0 fully saturated rings. The minimum absolute atomic E-state index is 0.479. The number of rotatable bonds is 3. The highest BCUT2D eigenvalue weighted by Crippen LogP contribution is 2.27. The van der Waals surface area contributed by atoms with Gasteiger partial charge in [0.25, 0.3) is 0 Å². The fourth-order valence-corrected chi connectivity index (χ4v) is 2.86. The largest absolute Gasteiger partial charge is 0.494 e. The van der Waals surface area contributed by atoms with Crippen molar-refractivity contribution >= 4 is 28.3 Å². The third kappa shape index (κ3) is 2.04. The van der Waals surface area contributed by atoms with Crippen molar-refractivity contribution in [2.45, 2.75) is 13.5 Å². The Morgan fingerprint density at radius 1 is 1.42 bits per heavy atom. The summed E-state index contributed by atoms with van der Waals surface area (Å²) in [5.74, 6) is 1.21. The van der Waals surface area contributed by atoms with Gasteiger partial charge in [-0.1, -0.05) is 6.07 Å². The van der Waals surface area contributed by atoms with Crippen molar-refractivity contribution in [2.24, 2.45) is 0 Å². The molecule has 0 unspecified atom stereocenters. The summed E-state index contributed by atoms with van der Waals surface area (Å²) in [6, 6.07) is 5.81. The fourth-order valence-electron chi connectivity index (χ4n) is 2.08. The standard InChI is InChI=1S/C13H14N4OS/c1-8-6-15-11(19-8)7-17-9-4-3-5-10(18-2)12(9)16-13(17)14/h3-6H,7H2,1-2H3,(H2,14,16). The Morgan fingerprint density at radius 3 is 2.95 bits per heavy atom. The first-order chi connectivity index (χ1) is 9.19. The monoisotopic (exact) mass is 274 g/mol. The Hall–Kier alpha value is -2.08. The molecule has 2 N–H and O–H groups in total. The van der Waals surface area contributed by atoms with Crippen LogP contribution in [0, 0.1) is 6.92 Å². The van der Waals surface area contributed by atoms with Crippen molar-refractivity contribution in [2.75, 3.05) is 12.8 Å². The molecule has 0 bridgehead atoms. The number of aromatic nitrogens is 3. The molecule has 3 aromatic rings. The zero-order chi connectivity index (χ0) is 13.4. The molecule has 3 rings (SSSR count). The lowest BCUT2D eigenvalue weighted by Crippen LogP contribution is -2.04. The van der Waals surface area contributed by atoms with Crippen LogP contribution in [0.25, 0.3) is 11.0 Å². The van der Waals surface area contributed by atoms with Gasteiger partial charge in [0.2, 0.25) is 5.95 Å². The highest BCUT2D eigenvalue weighted by molar-refractivity contribution is 7.11. The number of nitrogens with two attached hydrogens (primary N) is 1. The lowest BCUT2D eigenvalue weighted by Gasteiger charge is -2.04. The van der Waals surface area contributed by atoms with Crippen molar-refractivity contribution in [3.63, 3.8) is 0 Å². The number of benzene rings is 1. The van der Waals surface area contributed by atoms with Gasteiger partial charge in [0.1, 0.15) is 16.3 Å². The fraction of sp³-hybridized carbons (Fsp3) is 0.231. The number of ether oxygens (including phenoxy) is 1. The van der Waals surface area contributed by atoms with Crippen LogP contribution in [0.4, 0.5) is 5.95 Å². The van der Waals surface area contributed by atoms with Crippen molar-refractivity contribution in [3.8, 4) is 5.75 Å². The molecule has 0 aliphatic rings. The molecule has 0 atom stereocenters. The third-order valence-corrected chi connectivity index (χ3v) is 3.85. The van der Waals surface area contributed by atoms with E-state index in [-0.39, 0.29) is 0 Å². The number of para-hydroxylation sites is 1. The number of hydrogen-bond acceptors (Lipinski definition) is 5. The SMILES string of the molecule is COc1cccc2c1nc(N)n2Cc1ncc(C)s1. The molecule has 2 aromatic heterocycles. The van der Waals surface area contributed by atoms with E-state index >= 15 is 0 Å². The molecule has 0 amide bonds. The molecule has 98 valence electrons. The summed E-state index contributed by atoms with van der Waals surface area (Å²) >= 11 is 1.67. The predicted molar refractivity (Wildman–Crippen MR) is 76.7 cm³/mol. The maximum Gasteiger partial charge on any atom is 0.201 e. The minimum Gasteiger partial charge on any atom is -0.494 e. The Kier molecular flexibility index (Phi) is 2.87. The molecule has 6 heteroatoms. The maximum absolute atomic E-state index is 6.00. The van der Waals surface area contributed by atoms with E-state index in [2.05, 4.69) is 9.97 Å². The molecule has 2 heterocycles. The minimum atomic E-state index is 0.479. The molecular formula is C13H14N4OS. The van der Waals surface area contributed by atoms with Crippen molar-refractivity contribution in [3.05, 3.63) is 34.3 Å². The van der Waals surface area contributed by atoms with E-state index in [1.165, 1.54) is 4.88 Å². The van der Waals surface area contributed by atoms with Gasteiger partial charge in [-0.25, -0.2) is 9.97 Å². The Morgan fingerprint density at radius 2 is 2.26 bits per heavy atom. The summed E-state index contributed by atoms with van der Waals surface area (Å²) in [6.07, 6.45) is 1.87. The van der Waals surface area contributed by atoms with Crippen LogP contribution < -0.4 is 10.5 Å². The van der Waals surface area contributed by atoms with E-state index in [0.717, 1.165) is 21.8 Å². The summed E-state index contributed by atoms with van der Waals surface area (Å²) < 4.78 is 7.26. The van der Waals surface area contributed by atoms with Crippen LogP contribution in [0.3, 0.4) is 0 Å². The molecule has 0 aliphatic heterocycles. The number of anilines is 1. The molecule has 5 nitrogen and oxygen atoms in total. The first-order valence-electron chi connectivity index (χ1n) is 5.89. The van der Waals surface area contributed by atoms with E-state index < -0.39 is 0 Å². The lowest BCUT2D eigenvalue weighted by atomic mass is 10.3. The normalized spacial score (nSPS) is 11.1. The van der Waals surface area contributed by atoms with Gasteiger partial charge in [-0.05, 0) is 19.1 Å². The smallest absolute Gasteiger partial charge is 0.201 e. The van der Waals surface area contributed by atoms with Crippen LogP contribution in [0.1, 0.15) is 9.88 Å². The van der Waals surface area contributed by atoms with Crippen molar-refractivity contribution in [1.29, 1.82) is 0 Å². The quantitative estimate of drug-likeness (QED) is 0.796. The van der Waals surface area contributed by atoms with Crippen molar-refractivity contribution in [1.82, 2.24) is 14.5 Å². The topological polar surface area (TPSA) is 66.0 Å². The second kappa shape index (κ2) is 4.55. The highest BCUT2D eigenvalue weighted by Gasteiger charge is 2.13. The zero-order valence-corrected chi connectivity index (χ0v) is 11.6. The number of aryl methyl sites for hydroxylation is 1. The molecule has 0 saturated carbocycles. The van der Waals surface area contributed by atoms with Gasteiger partial charge in [-0.2, -0.15) is 0 Å². The van der Waals surface area contributed by atoms with Crippen LogP contribution >= 0.6 is 11.3 Å². The van der Waals surface area contributed by atoms with E-state index in [4.69, 9.17) is 10.5 Å². The van der Waals surface area contributed by atoms with Crippen LogP contribution in [0.2, 0.25) is 0 Å². The van der Waals surface area contributed by atoms with E-state index in [1.54, 1.807) is 18.4 Å². The Balaban J connectivity index is 2.10. The van der Waals surface area contributed by atoms with Gasteiger partial charge >= 0.3 is 0 Å². The van der Waals surface area contributed by atoms with E-state index in [0.29, 0.717) is 12.5 Å². The van der Waals surface area contributed by atoms with E-state index in [1.807, 2.05) is 35.9 Å². The maximum atomic E-state index is 6.00. The second-order valence-corrected chi connectivity index (χ2v) is 5.57. The molecule has 0 radical (unpaired) electrons. The van der Waals surface area contributed by atoms with E-state index in [9.17, 15) is 0 Å². The van der Waals surface area contributed by atoms with Crippen LogP contribution in [-0.4, -0.2) is 21.6 Å². The summed E-state index contributed by atoms with van der Waals surface area (Å²) in [5, 5.41) is 1.02. The second-order valence-electron chi connectivity index (χ2n) is 4.25. The van der Waals surface area contributed by atoms with Gasteiger partial charge in [0.05, 0.1) is 19.2 Å². The first-order valence-corrected chi connectivity index (χ1v) is 6.70. The average molecular weight is 274 g/mol. The van der Waals surface area contributed by atoms with Gasteiger partial charge in [0.15, 0.2) is 0 Å².